The van der Waals surface area contributed by atoms with Gasteiger partial charge in [0.2, 0.25) is 0 Å². The highest BCUT2D eigenvalue weighted by molar-refractivity contribution is 5.79. The van der Waals surface area contributed by atoms with E-state index in [1.165, 1.54) is 11.3 Å². The minimum Gasteiger partial charge on any atom is -0.364 e. The molecule has 0 saturated heterocycles. The largest absolute Gasteiger partial charge is 0.364 e. The summed E-state index contributed by atoms with van der Waals surface area (Å²) in [6.45, 7) is 3.37. The van der Waals surface area contributed by atoms with Crippen LogP contribution < -0.4 is 10.2 Å². The number of hydrogen-bond acceptors (Lipinski definition) is 4. The number of aromatic nitrogens is 3. The van der Waals surface area contributed by atoms with Gasteiger partial charge >= 0.3 is 0 Å². The second kappa shape index (κ2) is 7.83. The Bertz CT molecular complexity index is 737. The number of aliphatic imine (C=N–C) groups is 1. The molecule has 0 spiro atoms. The van der Waals surface area contributed by atoms with Crippen molar-refractivity contribution in [3.63, 3.8) is 0 Å². The summed E-state index contributed by atoms with van der Waals surface area (Å²) in [5, 5.41) is 7.50. The molecular formula is C18H25N7. The van der Waals surface area contributed by atoms with E-state index in [2.05, 4.69) is 61.7 Å². The van der Waals surface area contributed by atoms with E-state index in [4.69, 9.17) is 0 Å². The fourth-order valence-electron chi connectivity index (χ4n) is 2.83. The summed E-state index contributed by atoms with van der Waals surface area (Å²) >= 11 is 0. The first kappa shape index (κ1) is 17.0. The van der Waals surface area contributed by atoms with Crippen LogP contribution in [0.3, 0.4) is 0 Å². The van der Waals surface area contributed by atoms with Gasteiger partial charge in [0.25, 0.3) is 0 Å². The molecule has 1 aliphatic rings. The van der Waals surface area contributed by atoms with Gasteiger partial charge in [-0.05, 0) is 17.7 Å². The predicted octanol–water partition coefficient (Wildman–Crippen LogP) is 1.40. The van der Waals surface area contributed by atoms with Crippen molar-refractivity contribution in [3.05, 3.63) is 54.1 Å². The Kier molecular flexibility index (Phi) is 5.33. The number of guanidine groups is 1. The summed E-state index contributed by atoms with van der Waals surface area (Å²) in [6, 6.07) is 8.68. The Balaban J connectivity index is 1.54. The maximum Gasteiger partial charge on any atom is 0.194 e. The third-order valence-corrected chi connectivity index (χ3v) is 4.33. The average Bonchev–Trinajstić information content (AvgIpc) is 3.29. The summed E-state index contributed by atoms with van der Waals surface area (Å²) in [7, 11) is 5.68. The van der Waals surface area contributed by atoms with Crippen LogP contribution in [-0.4, -0.2) is 52.8 Å². The van der Waals surface area contributed by atoms with Crippen molar-refractivity contribution in [1.82, 2.24) is 25.0 Å². The van der Waals surface area contributed by atoms with Crippen LogP contribution in [0.4, 0.5) is 5.69 Å². The molecule has 1 aromatic carbocycles. The first-order valence-electron chi connectivity index (χ1n) is 8.41. The lowest BCUT2D eigenvalue weighted by Crippen LogP contribution is -2.38. The molecule has 2 aromatic rings. The number of nitrogens with one attached hydrogen (secondary N) is 1. The van der Waals surface area contributed by atoms with Gasteiger partial charge in [-0.1, -0.05) is 24.3 Å². The molecule has 7 heteroatoms. The van der Waals surface area contributed by atoms with Gasteiger partial charge < -0.3 is 15.1 Å². The van der Waals surface area contributed by atoms with Gasteiger partial charge in [-0.25, -0.2) is 4.98 Å². The van der Waals surface area contributed by atoms with Crippen LogP contribution in [0.5, 0.6) is 0 Å². The van der Waals surface area contributed by atoms with Gasteiger partial charge in [0.1, 0.15) is 12.2 Å². The fourth-order valence-corrected chi connectivity index (χ4v) is 2.83. The van der Waals surface area contributed by atoms with Crippen LogP contribution in [0.2, 0.25) is 0 Å². The van der Waals surface area contributed by atoms with E-state index in [0.29, 0.717) is 6.54 Å². The average molecular weight is 339 g/mol. The zero-order chi connectivity index (χ0) is 17.6. The molecule has 1 aromatic heterocycles. The lowest BCUT2D eigenvalue weighted by molar-refractivity contribution is 0.448. The predicted molar refractivity (Wildman–Crippen MR) is 100 cm³/mol. The summed E-state index contributed by atoms with van der Waals surface area (Å²) in [5.41, 5.74) is 2.49. The Hall–Kier alpha value is -2.83. The molecule has 2 heterocycles. The van der Waals surface area contributed by atoms with Gasteiger partial charge in [-0.2, -0.15) is 5.10 Å². The maximum absolute atomic E-state index is 4.35. The molecule has 0 aliphatic carbocycles. The fraction of sp³-hybridized carbons (Fsp3) is 0.389. The van der Waals surface area contributed by atoms with Crippen LogP contribution in [0, 0.1) is 0 Å². The highest BCUT2D eigenvalue weighted by atomic mass is 15.4. The number of aryl methyl sites for hydroxylation is 1. The summed E-state index contributed by atoms with van der Waals surface area (Å²) in [6.07, 6.45) is 5.97. The SMILES string of the molecule is CN=C(NCc1ccc(N2CC=CC2)cc1)N(C)Cc1ncnn1C. The monoisotopic (exact) mass is 339 g/mol. The van der Waals surface area contributed by atoms with Crippen molar-refractivity contribution >= 4 is 11.6 Å². The number of benzene rings is 1. The molecule has 0 fully saturated rings. The van der Waals surface area contributed by atoms with Gasteiger partial charge in [0.15, 0.2) is 5.96 Å². The molecule has 0 saturated carbocycles. The second-order valence-electron chi connectivity index (χ2n) is 6.10. The summed E-state index contributed by atoms with van der Waals surface area (Å²) < 4.78 is 1.77. The molecule has 0 radical (unpaired) electrons. The molecule has 0 unspecified atom stereocenters. The smallest absolute Gasteiger partial charge is 0.194 e. The molecule has 0 bridgehead atoms. The number of rotatable bonds is 5. The number of hydrogen-bond donors (Lipinski definition) is 1. The van der Waals surface area contributed by atoms with Crippen molar-refractivity contribution in [1.29, 1.82) is 0 Å². The lowest BCUT2D eigenvalue weighted by Gasteiger charge is -2.22. The van der Waals surface area contributed by atoms with Crippen LogP contribution >= 0.6 is 0 Å². The van der Waals surface area contributed by atoms with Gasteiger partial charge in [0, 0.05) is 46.5 Å². The normalized spacial score (nSPS) is 14.2. The minimum absolute atomic E-state index is 0.650. The zero-order valence-electron chi connectivity index (χ0n) is 15.1. The third-order valence-electron chi connectivity index (χ3n) is 4.33. The van der Waals surface area contributed by atoms with Gasteiger partial charge in [-0.3, -0.25) is 9.67 Å². The van der Waals surface area contributed by atoms with E-state index in [9.17, 15) is 0 Å². The Morgan fingerprint density at radius 2 is 1.96 bits per heavy atom. The van der Waals surface area contributed by atoms with Crippen LogP contribution in [0.25, 0.3) is 0 Å². The summed E-state index contributed by atoms with van der Waals surface area (Å²) in [4.78, 5) is 13.0. The Morgan fingerprint density at radius 1 is 1.24 bits per heavy atom. The number of nitrogens with zero attached hydrogens (tertiary/aromatic N) is 6. The van der Waals surface area contributed by atoms with Crippen LogP contribution in [0.1, 0.15) is 11.4 Å². The van der Waals surface area contributed by atoms with E-state index in [-0.39, 0.29) is 0 Å². The quantitative estimate of drug-likeness (QED) is 0.507. The van der Waals surface area contributed by atoms with Crippen LogP contribution in [-0.2, 0) is 20.1 Å². The third kappa shape index (κ3) is 4.17. The standard InChI is InChI=1S/C18H25N7/c1-19-18(23(2)13-17-21-14-22-24(17)3)20-12-15-6-8-16(9-7-15)25-10-4-5-11-25/h4-9,14H,10-13H2,1-3H3,(H,19,20). The van der Waals surface area contributed by atoms with Crippen molar-refractivity contribution in [2.24, 2.45) is 12.0 Å². The van der Waals surface area contributed by atoms with Crippen molar-refractivity contribution < 1.29 is 0 Å². The van der Waals surface area contributed by atoms with Crippen LogP contribution in [0.15, 0.2) is 47.7 Å². The molecule has 25 heavy (non-hydrogen) atoms. The Morgan fingerprint density at radius 3 is 2.56 bits per heavy atom. The van der Waals surface area contributed by atoms with Gasteiger partial charge in [-0.15, -0.1) is 0 Å². The first-order chi connectivity index (χ1) is 12.2. The Labute approximate surface area is 148 Å². The molecule has 7 nitrogen and oxygen atoms in total. The first-order valence-corrected chi connectivity index (χ1v) is 8.41. The molecule has 0 amide bonds. The molecule has 1 aliphatic heterocycles. The van der Waals surface area contributed by atoms with E-state index >= 15 is 0 Å². The highest BCUT2D eigenvalue weighted by Crippen LogP contribution is 2.17. The van der Waals surface area contributed by atoms with E-state index in [0.717, 1.165) is 31.4 Å². The number of anilines is 1. The molecule has 0 atom stereocenters. The van der Waals surface area contributed by atoms with Crippen molar-refractivity contribution in [3.8, 4) is 0 Å². The maximum atomic E-state index is 4.35. The summed E-state index contributed by atoms with van der Waals surface area (Å²) in [5.74, 6) is 1.73. The second-order valence-corrected chi connectivity index (χ2v) is 6.10. The molecule has 3 rings (SSSR count). The van der Waals surface area contributed by atoms with Gasteiger partial charge in [0.05, 0.1) is 6.54 Å². The molecular weight excluding hydrogens is 314 g/mol. The lowest BCUT2D eigenvalue weighted by atomic mass is 10.2. The minimum atomic E-state index is 0.650. The van der Waals surface area contributed by atoms with Crippen molar-refractivity contribution in [2.45, 2.75) is 13.1 Å². The van der Waals surface area contributed by atoms with E-state index in [1.807, 2.05) is 19.0 Å². The molecule has 132 valence electrons. The zero-order valence-corrected chi connectivity index (χ0v) is 15.1. The molecule has 1 N–H and O–H groups in total. The van der Waals surface area contributed by atoms with E-state index < -0.39 is 0 Å². The van der Waals surface area contributed by atoms with E-state index in [1.54, 1.807) is 18.1 Å². The topological polar surface area (TPSA) is 61.6 Å². The van der Waals surface area contributed by atoms with Crippen molar-refractivity contribution in [2.75, 3.05) is 32.1 Å². The highest BCUT2D eigenvalue weighted by Gasteiger charge is 2.10.